The van der Waals surface area contributed by atoms with Crippen LogP contribution in [-0.2, 0) is 0 Å². The lowest BCUT2D eigenvalue weighted by Crippen LogP contribution is -2.38. The molecule has 6 nitrogen and oxygen atoms in total. The van der Waals surface area contributed by atoms with Gasteiger partial charge >= 0.3 is 5.97 Å². The van der Waals surface area contributed by atoms with E-state index in [9.17, 15) is 14.0 Å². The highest BCUT2D eigenvalue weighted by atomic mass is 19.1. The Morgan fingerprint density at radius 3 is 2.70 bits per heavy atom. The first-order chi connectivity index (χ1) is 13.0. The van der Waals surface area contributed by atoms with Crippen molar-refractivity contribution in [2.24, 2.45) is 0 Å². The summed E-state index contributed by atoms with van der Waals surface area (Å²) >= 11 is 0. The Balaban J connectivity index is 1.47. The summed E-state index contributed by atoms with van der Waals surface area (Å²) in [6, 6.07) is 7.58. The minimum atomic E-state index is -1.15. The number of rotatable bonds is 3. The molecule has 4 rings (SSSR count). The number of aromatic carboxylic acids is 1. The van der Waals surface area contributed by atoms with Crippen LogP contribution in [0.1, 0.15) is 45.2 Å². The highest BCUT2D eigenvalue weighted by Crippen LogP contribution is 2.33. The first kappa shape index (κ1) is 17.2. The molecule has 0 unspecified atom stereocenters. The van der Waals surface area contributed by atoms with Crippen molar-refractivity contribution in [1.29, 1.82) is 0 Å². The fourth-order valence-electron chi connectivity index (χ4n) is 3.72. The van der Waals surface area contributed by atoms with E-state index in [2.05, 4.69) is 9.97 Å². The van der Waals surface area contributed by atoms with Gasteiger partial charge in [0.1, 0.15) is 11.5 Å². The third-order valence-corrected chi connectivity index (χ3v) is 5.12. The number of piperidine rings is 1. The van der Waals surface area contributed by atoms with Crippen LogP contribution in [0, 0.1) is 5.82 Å². The van der Waals surface area contributed by atoms with Crippen LogP contribution in [0.3, 0.4) is 0 Å². The van der Waals surface area contributed by atoms with Crippen molar-refractivity contribution in [2.45, 2.75) is 18.8 Å². The molecule has 1 aliphatic heterocycles. The number of nitrogens with one attached hydrogen (secondary N) is 1. The molecule has 138 valence electrons. The third-order valence-electron chi connectivity index (χ3n) is 5.12. The maximum atomic E-state index is 13.4. The lowest BCUT2D eigenvalue weighted by molar-refractivity contribution is 0.0690. The van der Waals surface area contributed by atoms with Gasteiger partial charge in [0.15, 0.2) is 0 Å². The quantitative estimate of drug-likeness (QED) is 0.743. The number of carboxylic acids is 1. The van der Waals surface area contributed by atoms with E-state index in [0.29, 0.717) is 24.6 Å². The van der Waals surface area contributed by atoms with E-state index in [0.717, 1.165) is 29.3 Å². The van der Waals surface area contributed by atoms with E-state index in [1.54, 1.807) is 11.0 Å². The van der Waals surface area contributed by atoms with Crippen molar-refractivity contribution in [2.75, 3.05) is 13.1 Å². The number of aromatic amines is 1. The molecule has 2 aromatic heterocycles. The van der Waals surface area contributed by atoms with Crippen molar-refractivity contribution in [3.05, 3.63) is 65.4 Å². The fraction of sp³-hybridized carbons (Fsp3) is 0.250. The summed E-state index contributed by atoms with van der Waals surface area (Å²) in [5, 5.41) is 10.0. The van der Waals surface area contributed by atoms with Gasteiger partial charge < -0.3 is 15.0 Å². The largest absolute Gasteiger partial charge is 0.477 e. The van der Waals surface area contributed by atoms with Crippen molar-refractivity contribution in [3.8, 4) is 0 Å². The van der Waals surface area contributed by atoms with E-state index in [1.165, 1.54) is 30.5 Å². The summed E-state index contributed by atoms with van der Waals surface area (Å²) in [5.41, 5.74) is 2.13. The van der Waals surface area contributed by atoms with Gasteiger partial charge in [-0.3, -0.25) is 4.79 Å². The number of hydrogen-bond donors (Lipinski definition) is 2. The van der Waals surface area contributed by atoms with Crippen molar-refractivity contribution < 1.29 is 19.1 Å². The van der Waals surface area contributed by atoms with Crippen LogP contribution >= 0.6 is 0 Å². The zero-order valence-corrected chi connectivity index (χ0v) is 14.5. The second kappa shape index (κ2) is 6.83. The summed E-state index contributed by atoms with van der Waals surface area (Å²) in [6.45, 7) is 1.17. The lowest BCUT2D eigenvalue weighted by Gasteiger charge is -2.32. The van der Waals surface area contributed by atoms with E-state index in [4.69, 9.17) is 5.11 Å². The van der Waals surface area contributed by atoms with Gasteiger partial charge in [0.2, 0.25) is 0 Å². The second-order valence-corrected chi connectivity index (χ2v) is 6.74. The molecular weight excluding hydrogens is 349 g/mol. The number of benzene rings is 1. The van der Waals surface area contributed by atoms with E-state index in [1.807, 2.05) is 6.20 Å². The Kier molecular flexibility index (Phi) is 4.35. The zero-order valence-electron chi connectivity index (χ0n) is 14.5. The summed E-state index contributed by atoms with van der Waals surface area (Å²) in [5.74, 6) is -1.31. The smallest absolute Gasteiger partial charge is 0.354 e. The molecule has 0 aliphatic carbocycles. The SMILES string of the molecule is O=C(O)c1cc(C(=O)N2CCC(c3c[nH]c4cc(F)ccc34)CC2)ccn1. The van der Waals surface area contributed by atoms with Crippen LogP contribution in [0.5, 0.6) is 0 Å². The number of nitrogens with zero attached hydrogens (tertiary/aromatic N) is 2. The van der Waals surface area contributed by atoms with Gasteiger partial charge in [-0.15, -0.1) is 0 Å². The van der Waals surface area contributed by atoms with Crippen molar-refractivity contribution in [1.82, 2.24) is 14.9 Å². The number of likely N-dealkylation sites (tertiary alicyclic amines) is 1. The normalized spacial score (nSPS) is 15.2. The monoisotopic (exact) mass is 367 g/mol. The summed E-state index contributed by atoms with van der Waals surface area (Å²) in [6.07, 6.45) is 4.86. The molecule has 0 saturated carbocycles. The second-order valence-electron chi connectivity index (χ2n) is 6.74. The van der Waals surface area contributed by atoms with E-state index >= 15 is 0 Å². The molecule has 27 heavy (non-hydrogen) atoms. The molecule has 3 heterocycles. The number of H-pyrrole nitrogens is 1. The van der Waals surface area contributed by atoms with Gasteiger partial charge in [-0.1, -0.05) is 0 Å². The van der Waals surface area contributed by atoms with Crippen LogP contribution in [0.2, 0.25) is 0 Å². The molecule has 2 N–H and O–H groups in total. The van der Waals surface area contributed by atoms with Gasteiger partial charge in [-0.25, -0.2) is 14.2 Å². The molecule has 0 spiro atoms. The molecule has 7 heteroatoms. The molecule has 0 radical (unpaired) electrons. The third kappa shape index (κ3) is 3.28. The van der Waals surface area contributed by atoms with Crippen LogP contribution < -0.4 is 0 Å². The van der Waals surface area contributed by atoms with Gasteiger partial charge in [-0.05, 0) is 54.7 Å². The number of carboxylic acid groups (broad SMARTS) is 1. The minimum absolute atomic E-state index is 0.137. The molecule has 1 aliphatic rings. The number of aromatic nitrogens is 2. The first-order valence-corrected chi connectivity index (χ1v) is 8.78. The van der Waals surface area contributed by atoms with Crippen LogP contribution in [0.15, 0.2) is 42.7 Å². The van der Waals surface area contributed by atoms with Crippen molar-refractivity contribution >= 4 is 22.8 Å². The molecule has 0 atom stereocenters. The Hall–Kier alpha value is -3.22. The fourth-order valence-corrected chi connectivity index (χ4v) is 3.72. The highest BCUT2D eigenvalue weighted by molar-refractivity contribution is 5.96. The van der Waals surface area contributed by atoms with Crippen LogP contribution in [0.25, 0.3) is 10.9 Å². The summed E-state index contributed by atoms with van der Waals surface area (Å²) < 4.78 is 13.4. The van der Waals surface area contributed by atoms with Crippen molar-refractivity contribution in [3.63, 3.8) is 0 Å². The lowest BCUT2D eigenvalue weighted by atomic mass is 9.89. The average Bonchev–Trinajstić information content (AvgIpc) is 3.10. The molecule has 1 saturated heterocycles. The van der Waals surface area contributed by atoms with E-state index in [-0.39, 0.29) is 17.4 Å². The van der Waals surface area contributed by atoms with Gasteiger partial charge in [-0.2, -0.15) is 0 Å². The number of hydrogen-bond acceptors (Lipinski definition) is 3. The predicted molar refractivity (Wildman–Crippen MR) is 97.3 cm³/mol. The van der Waals surface area contributed by atoms with Gasteiger partial charge in [0, 0.05) is 41.9 Å². The Morgan fingerprint density at radius 1 is 1.19 bits per heavy atom. The molecular formula is C20H18FN3O3. The summed E-state index contributed by atoms with van der Waals surface area (Å²) in [7, 11) is 0. The summed E-state index contributed by atoms with van der Waals surface area (Å²) in [4.78, 5) is 32.3. The number of fused-ring (bicyclic) bond motifs is 1. The number of amides is 1. The molecule has 0 bridgehead atoms. The molecule has 1 fully saturated rings. The molecule has 1 aromatic carbocycles. The van der Waals surface area contributed by atoms with E-state index < -0.39 is 5.97 Å². The number of pyridine rings is 1. The van der Waals surface area contributed by atoms with Crippen LogP contribution in [-0.4, -0.2) is 44.9 Å². The Labute approximate surface area is 154 Å². The first-order valence-electron chi connectivity index (χ1n) is 8.78. The van der Waals surface area contributed by atoms with Gasteiger partial charge in [0.25, 0.3) is 5.91 Å². The number of halogens is 1. The number of carbonyl (C=O) groups excluding carboxylic acids is 1. The van der Waals surface area contributed by atoms with Crippen LogP contribution in [0.4, 0.5) is 4.39 Å². The molecule has 3 aromatic rings. The maximum Gasteiger partial charge on any atom is 0.354 e. The maximum absolute atomic E-state index is 13.4. The number of carbonyl (C=O) groups is 2. The highest BCUT2D eigenvalue weighted by Gasteiger charge is 2.26. The Morgan fingerprint density at radius 2 is 1.96 bits per heavy atom. The molecule has 1 amide bonds. The minimum Gasteiger partial charge on any atom is -0.477 e. The topological polar surface area (TPSA) is 86.3 Å². The Bertz CT molecular complexity index is 1020. The zero-order chi connectivity index (χ0) is 19.0. The predicted octanol–water partition coefficient (Wildman–Crippen LogP) is 3.42. The van der Waals surface area contributed by atoms with Gasteiger partial charge in [0.05, 0.1) is 0 Å². The average molecular weight is 367 g/mol. The standard InChI is InChI=1S/C20H18FN3O3/c21-14-1-2-15-16(11-23-17(15)10-14)12-4-7-24(8-5-12)19(25)13-3-6-22-18(9-13)20(26)27/h1-3,6,9-12,23H,4-5,7-8H2,(H,26,27).